The lowest BCUT2D eigenvalue weighted by atomic mass is 9.87. The molecule has 0 bridgehead atoms. The molecule has 0 aliphatic carbocycles. The first-order chi connectivity index (χ1) is 53.1. The normalized spacial score (nSPS) is 21.7. The number of aromatic nitrogens is 3. The van der Waals surface area contributed by atoms with Gasteiger partial charge in [-0.25, -0.2) is 48.3 Å². The summed E-state index contributed by atoms with van der Waals surface area (Å²) in [7, 11) is 0. The van der Waals surface area contributed by atoms with Gasteiger partial charge in [-0.1, -0.05) is 58.2 Å². The predicted molar refractivity (Wildman–Crippen MR) is 416 cm³/mol. The molecule has 6 aliphatic rings. The van der Waals surface area contributed by atoms with Crippen LogP contribution >= 0.6 is 0 Å². The monoisotopic (exact) mass is 1550 g/mol. The lowest BCUT2D eigenvalue weighted by molar-refractivity contribution is -0.0867. The van der Waals surface area contributed by atoms with Crippen LogP contribution in [-0.4, -0.2) is 212 Å². The quantitative estimate of drug-likeness (QED) is 0.0224. The first-order valence-corrected chi connectivity index (χ1v) is 39.4. The molecular weight excluding hydrogens is 1450 g/mol. The van der Waals surface area contributed by atoms with Gasteiger partial charge < -0.3 is 46.2 Å². The molecule has 6 aromatic carbocycles. The molecule has 6 aliphatic heterocycles. The zero-order valence-electron chi connectivity index (χ0n) is 64.2. The van der Waals surface area contributed by atoms with Crippen molar-refractivity contribution in [2.45, 2.75) is 178 Å². The number of aliphatic hydroxyl groups excluding tert-OH is 3. The number of H-pyrrole nitrogens is 3. The molecule has 0 unspecified atom stereocenters. The number of halogens is 11. The minimum atomic E-state index is -3.35. The Morgan fingerprint density at radius 1 is 0.414 bits per heavy atom. The third kappa shape index (κ3) is 18.1. The number of rotatable bonds is 27. The van der Waals surface area contributed by atoms with Crippen LogP contribution in [0, 0.1) is 34.9 Å². The molecule has 0 spiro atoms. The third-order valence-electron chi connectivity index (χ3n) is 23.2. The fourth-order valence-electron chi connectivity index (χ4n) is 17.3. The van der Waals surface area contributed by atoms with Crippen molar-refractivity contribution >= 4 is 49.8 Å². The van der Waals surface area contributed by atoms with Gasteiger partial charge in [0.05, 0.1) is 55.9 Å². The van der Waals surface area contributed by atoms with Gasteiger partial charge in [0.1, 0.15) is 53.8 Å². The van der Waals surface area contributed by atoms with Crippen molar-refractivity contribution in [3.63, 3.8) is 0 Å². The van der Waals surface area contributed by atoms with Gasteiger partial charge in [-0.05, 0) is 199 Å². The Hall–Kier alpha value is -7.79. The van der Waals surface area contributed by atoms with Gasteiger partial charge in [0, 0.05) is 142 Å². The fraction of sp³-hybridized carbons (Fsp3) is 0.506. The van der Waals surface area contributed by atoms with E-state index in [1.807, 2.05) is 38.1 Å². The standard InChI is InChI=1S/C29H36F4N4O.C28H34F4N4O.C28H35F3N4O/c1-4-5-8-36-13-20(14-36)34-19-11-23(31)26(24(32)12-19)28-27-22(21-10-18(30)6-7-25(21)35-27)9-17(2)37(28)15-29(3,33)16-38;1-3-4-9-35-13-20(14-35)33-19-6-7-21(24(30)12-19)27-26-23(22-11-18(29)5-8-25(22)34-26)10-17(2)36(27)15-28(31,32)16-37;1-3-4-11-34-14-22(15-34)32-21-8-5-19(6-9-21)27-26-24(23-13-20(29)7-10-25(23)33-26)12-18(2)35(27)16-28(30,31)17-36/h6-7,10-12,17,20,28,34-35,38H,4-5,8-9,13-16H2,1-3H3;5-8,11-12,17,20,27,33-34,37H,3-4,9-10,13-16H2,1-2H3;5-10,13,18,22,27,32-33,36H,3-4,11-12,14-17H2,1-2H3/t17-,28-,29-;17-,27-;18-,27-/m111/s1. The van der Waals surface area contributed by atoms with E-state index in [9.17, 15) is 46.1 Å². The highest BCUT2D eigenvalue weighted by Gasteiger charge is 2.46. The van der Waals surface area contributed by atoms with Crippen molar-refractivity contribution in [1.29, 1.82) is 0 Å². The summed E-state index contributed by atoms with van der Waals surface area (Å²) in [6.45, 7) is 17.3. The van der Waals surface area contributed by atoms with E-state index in [1.165, 1.54) is 79.3 Å². The number of fused-ring (bicyclic) bond motifs is 9. The summed E-state index contributed by atoms with van der Waals surface area (Å²) in [5.41, 5.74) is 7.56. The van der Waals surface area contributed by atoms with Crippen LogP contribution in [0.2, 0.25) is 0 Å². The molecule has 600 valence electrons. The molecule has 0 amide bonds. The molecule has 3 saturated heterocycles. The second kappa shape index (κ2) is 34.1. The molecule has 0 saturated carbocycles. The number of likely N-dealkylation sites (tertiary alicyclic amines) is 3. The predicted octanol–water partition coefficient (Wildman–Crippen LogP) is 16.0. The Morgan fingerprint density at radius 2 is 0.775 bits per heavy atom. The Kier molecular flexibility index (Phi) is 25.0. The topological polar surface area (TPSA) is 164 Å². The van der Waals surface area contributed by atoms with E-state index >= 15 is 17.6 Å². The van der Waals surface area contributed by atoms with Crippen LogP contribution < -0.4 is 16.0 Å². The van der Waals surface area contributed by atoms with E-state index < -0.39 is 104 Å². The van der Waals surface area contributed by atoms with Gasteiger partial charge in [-0.2, -0.15) is 0 Å². The maximum Gasteiger partial charge on any atom is 0.283 e. The zero-order chi connectivity index (χ0) is 79.0. The number of nitrogens with one attached hydrogen (secondary N) is 6. The smallest absolute Gasteiger partial charge is 0.283 e. The molecule has 15 rings (SSSR count). The van der Waals surface area contributed by atoms with Gasteiger partial charge in [-0.3, -0.25) is 29.4 Å². The van der Waals surface area contributed by atoms with E-state index in [4.69, 9.17) is 0 Å². The highest BCUT2D eigenvalue weighted by atomic mass is 19.3. The number of alkyl halides is 5. The van der Waals surface area contributed by atoms with Crippen LogP contribution in [0.25, 0.3) is 32.7 Å². The Bertz CT molecular complexity index is 4650. The van der Waals surface area contributed by atoms with E-state index in [1.54, 1.807) is 47.1 Å². The molecule has 26 heteroatoms. The molecule has 15 nitrogen and oxygen atoms in total. The average Bonchev–Trinajstić information content (AvgIpc) is 1.64. The summed E-state index contributed by atoms with van der Waals surface area (Å²) in [4.78, 5) is 22.0. The lowest BCUT2D eigenvalue weighted by Gasteiger charge is -2.43. The number of nitrogens with zero attached hydrogens (tertiary/aromatic N) is 6. The molecule has 3 aromatic heterocycles. The van der Waals surface area contributed by atoms with Crippen LogP contribution in [0.5, 0.6) is 0 Å². The fourth-order valence-corrected chi connectivity index (χ4v) is 17.3. The maximum atomic E-state index is 15.8. The Balaban J connectivity index is 0.000000146. The van der Waals surface area contributed by atoms with Crippen molar-refractivity contribution < 1.29 is 63.6 Å². The number of anilines is 3. The molecular formula is C85H105F11N12O3. The first-order valence-electron chi connectivity index (χ1n) is 39.4. The van der Waals surface area contributed by atoms with E-state index in [0.29, 0.717) is 69.9 Å². The highest BCUT2D eigenvalue weighted by Crippen LogP contribution is 2.48. The number of unbranched alkanes of at least 4 members (excludes halogenated alkanes) is 3. The largest absolute Gasteiger partial charge is 0.393 e. The van der Waals surface area contributed by atoms with Crippen LogP contribution in [0.1, 0.15) is 156 Å². The summed E-state index contributed by atoms with van der Waals surface area (Å²) in [5, 5.41) is 40.5. The number of hydrogen-bond donors (Lipinski definition) is 9. The summed E-state index contributed by atoms with van der Waals surface area (Å²) < 4.78 is 162. The Labute approximate surface area is 641 Å². The lowest BCUT2D eigenvalue weighted by Crippen LogP contribution is -2.54. The minimum absolute atomic E-state index is 0.120. The van der Waals surface area contributed by atoms with Crippen LogP contribution in [0.15, 0.2) is 109 Å². The van der Waals surface area contributed by atoms with Crippen LogP contribution in [0.4, 0.5) is 65.4 Å². The third-order valence-corrected chi connectivity index (χ3v) is 23.2. The van der Waals surface area contributed by atoms with Gasteiger partial charge >= 0.3 is 0 Å². The van der Waals surface area contributed by atoms with Crippen molar-refractivity contribution in [2.75, 3.05) is 114 Å². The number of hydrogen-bond acceptors (Lipinski definition) is 12. The van der Waals surface area contributed by atoms with Crippen molar-refractivity contribution in [3.05, 3.63) is 195 Å². The van der Waals surface area contributed by atoms with Crippen molar-refractivity contribution in [1.82, 2.24) is 44.4 Å². The van der Waals surface area contributed by atoms with Crippen LogP contribution in [-0.2, 0) is 19.3 Å². The molecule has 9 aromatic rings. The SMILES string of the molecule is CCCCN1CC(Nc2cc(F)c([C@@H]3c4[nH]c5ccc(F)cc5c4C[C@@H](C)N3C[C@@](C)(F)CO)c(F)c2)C1.CCCCN1CC(Nc2ccc([C@@H]3c4[nH]c5ccc(F)cc5c4C[C@@H](C)N3CC(F)(F)CO)c(F)c2)C1.CCCCN1CC(Nc2ccc([C@@H]3c4[nH]c5ccc(F)cc5c4C[C@@H](C)N3CC(F)(F)CO)cc2)C1. The molecule has 0 radical (unpaired) electrons. The van der Waals surface area contributed by atoms with E-state index in [-0.39, 0.29) is 47.7 Å². The summed E-state index contributed by atoms with van der Waals surface area (Å²) in [5.74, 6) is -9.66. The van der Waals surface area contributed by atoms with Gasteiger partial charge in [-0.15, -0.1) is 0 Å². The minimum Gasteiger partial charge on any atom is -0.393 e. The summed E-state index contributed by atoms with van der Waals surface area (Å²) >= 11 is 0. The second-order valence-corrected chi connectivity index (χ2v) is 32.2. The van der Waals surface area contributed by atoms with Crippen LogP contribution in [0.3, 0.4) is 0 Å². The zero-order valence-corrected chi connectivity index (χ0v) is 64.2. The van der Waals surface area contributed by atoms with E-state index in [2.05, 4.69) is 66.4 Å². The average molecular weight is 1550 g/mol. The highest BCUT2D eigenvalue weighted by molar-refractivity contribution is 5.87. The Morgan fingerprint density at radius 3 is 1.17 bits per heavy atom. The maximum absolute atomic E-state index is 15.8. The molecule has 9 N–H and O–H groups in total. The molecule has 3 fully saturated rings. The number of aromatic amines is 3. The number of benzene rings is 6. The molecule has 111 heavy (non-hydrogen) atoms. The van der Waals surface area contributed by atoms with Crippen molar-refractivity contribution in [3.8, 4) is 0 Å². The van der Waals surface area contributed by atoms with Gasteiger partial charge in [0.15, 0.2) is 0 Å². The second-order valence-electron chi connectivity index (χ2n) is 32.2. The molecule has 7 atom stereocenters. The summed E-state index contributed by atoms with van der Waals surface area (Å²) in [6.07, 6.45) is 8.32. The van der Waals surface area contributed by atoms with Gasteiger partial charge in [0.25, 0.3) is 11.8 Å². The first kappa shape index (κ1) is 81.2. The van der Waals surface area contributed by atoms with Crippen molar-refractivity contribution in [2.24, 2.45) is 0 Å². The number of aliphatic hydroxyl groups is 3. The summed E-state index contributed by atoms with van der Waals surface area (Å²) in [6, 6.07) is 26.4. The molecule has 9 heterocycles. The van der Waals surface area contributed by atoms with Gasteiger partial charge in [0.2, 0.25) is 0 Å². The van der Waals surface area contributed by atoms with E-state index in [0.717, 1.165) is 129 Å².